The van der Waals surface area contributed by atoms with Gasteiger partial charge in [-0.1, -0.05) is 0 Å². The highest BCUT2D eigenvalue weighted by Gasteiger charge is 2.29. The molecule has 0 bridgehead atoms. The van der Waals surface area contributed by atoms with Gasteiger partial charge in [-0.15, -0.1) is 0 Å². The molecule has 0 aromatic carbocycles. The molecule has 0 aromatic heterocycles. The molecule has 2 aliphatic rings. The van der Waals surface area contributed by atoms with E-state index in [0.717, 1.165) is 39.1 Å². The van der Waals surface area contributed by atoms with Crippen LogP contribution in [0.15, 0.2) is 0 Å². The number of likely N-dealkylation sites (tertiary alicyclic amines) is 1. The molecule has 2 aliphatic heterocycles. The van der Waals surface area contributed by atoms with E-state index in [4.69, 9.17) is 9.47 Å². The van der Waals surface area contributed by atoms with Gasteiger partial charge in [0.1, 0.15) is 5.60 Å². The molecule has 0 aliphatic carbocycles. The molecule has 0 radical (unpaired) electrons. The number of carbonyl (C=O) groups excluding carboxylic acids is 2. The molecule has 0 N–H and O–H groups in total. The van der Waals surface area contributed by atoms with E-state index in [2.05, 4.69) is 0 Å². The Morgan fingerprint density at radius 3 is 2.25 bits per heavy atom. The molecule has 138 valence electrons. The molecule has 2 heterocycles. The van der Waals surface area contributed by atoms with Gasteiger partial charge in [0.15, 0.2) is 0 Å². The molecule has 24 heavy (non-hydrogen) atoms. The average molecular weight is 340 g/mol. The molecule has 2 rings (SSSR count). The molecule has 6 nitrogen and oxygen atoms in total. The maximum atomic E-state index is 12.2. The van der Waals surface area contributed by atoms with Crippen LogP contribution in [0.25, 0.3) is 0 Å². The van der Waals surface area contributed by atoms with Gasteiger partial charge >= 0.3 is 6.09 Å². The van der Waals surface area contributed by atoms with Gasteiger partial charge < -0.3 is 19.3 Å². The second kappa shape index (κ2) is 8.19. The third-order valence-electron chi connectivity index (χ3n) is 4.65. The summed E-state index contributed by atoms with van der Waals surface area (Å²) in [5, 5.41) is 0. The second-order valence-corrected chi connectivity index (χ2v) is 7.95. The Kier molecular flexibility index (Phi) is 6.49. The van der Waals surface area contributed by atoms with Crippen LogP contribution in [0.4, 0.5) is 4.79 Å². The van der Waals surface area contributed by atoms with Gasteiger partial charge in [-0.05, 0) is 46.5 Å². The lowest BCUT2D eigenvalue weighted by Gasteiger charge is -2.36. The number of rotatable bonds is 5. The summed E-state index contributed by atoms with van der Waals surface area (Å²) in [5.74, 6) is 1.10. The van der Waals surface area contributed by atoms with Crippen LogP contribution in [0, 0.1) is 11.8 Å². The Balaban J connectivity index is 1.74. The second-order valence-electron chi connectivity index (χ2n) is 7.95. The van der Waals surface area contributed by atoms with Crippen molar-refractivity contribution in [1.82, 2.24) is 9.80 Å². The fourth-order valence-corrected chi connectivity index (χ4v) is 3.11. The number of hydrogen-bond acceptors (Lipinski definition) is 4. The predicted molar refractivity (Wildman–Crippen MR) is 91.7 cm³/mol. The fourth-order valence-electron chi connectivity index (χ4n) is 3.11. The third-order valence-corrected chi connectivity index (χ3v) is 4.65. The van der Waals surface area contributed by atoms with E-state index in [9.17, 15) is 9.59 Å². The van der Waals surface area contributed by atoms with E-state index in [0.29, 0.717) is 31.3 Å². The van der Waals surface area contributed by atoms with Gasteiger partial charge in [0, 0.05) is 38.5 Å². The van der Waals surface area contributed by atoms with Crippen LogP contribution >= 0.6 is 0 Å². The molecule has 0 unspecified atom stereocenters. The molecule has 0 saturated carbocycles. The normalized spacial score (nSPS) is 19.8. The van der Waals surface area contributed by atoms with Crippen molar-refractivity contribution in [2.24, 2.45) is 11.8 Å². The SMILES string of the molecule is CCN(CC1CCN(C(=O)CC2COC2)CC1)C(=O)OC(C)(C)C. The zero-order valence-electron chi connectivity index (χ0n) is 15.5. The number of hydrogen-bond donors (Lipinski definition) is 0. The zero-order valence-corrected chi connectivity index (χ0v) is 15.5. The summed E-state index contributed by atoms with van der Waals surface area (Å²) in [4.78, 5) is 28.2. The standard InChI is InChI=1S/C18H32N2O4/c1-5-19(17(22)24-18(2,3)4)11-14-6-8-20(9-7-14)16(21)10-15-12-23-13-15/h14-15H,5-13H2,1-4H3. The third kappa shape index (κ3) is 5.65. The van der Waals surface area contributed by atoms with Crippen LogP contribution in [-0.4, -0.2) is 66.8 Å². The molecule has 0 atom stereocenters. The van der Waals surface area contributed by atoms with Crippen molar-refractivity contribution in [1.29, 1.82) is 0 Å². The Morgan fingerprint density at radius 2 is 1.79 bits per heavy atom. The molecule has 2 saturated heterocycles. The van der Waals surface area contributed by atoms with Crippen LogP contribution < -0.4 is 0 Å². The van der Waals surface area contributed by atoms with Crippen molar-refractivity contribution in [3.05, 3.63) is 0 Å². The van der Waals surface area contributed by atoms with Gasteiger partial charge in [-0.25, -0.2) is 4.79 Å². The van der Waals surface area contributed by atoms with Crippen LogP contribution in [0.2, 0.25) is 0 Å². The molecule has 2 fully saturated rings. The van der Waals surface area contributed by atoms with Gasteiger partial charge in [0.05, 0.1) is 13.2 Å². The topological polar surface area (TPSA) is 59.1 Å². The first-order valence-corrected chi connectivity index (χ1v) is 9.12. The highest BCUT2D eigenvalue weighted by atomic mass is 16.6. The first-order chi connectivity index (χ1) is 11.3. The van der Waals surface area contributed by atoms with E-state index in [1.807, 2.05) is 32.6 Å². The predicted octanol–water partition coefficient (Wildman–Crippen LogP) is 2.52. The minimum atomic E-state index is -0.467. The van der Waals surface area contributed by atoms with Crippen molar-refractivity contribution in [3.63, 3.8) is 0 Å². The van der Waals surface area contributed by atoms with E-state index in [1.54, 1.807) is 4.90 Å². The van der Waals surface area contributed by atoms with Crippen molar-refractivity contribution >= 4 is 12.0 Å². The van der Waals surface area contributed by atoms with Gasteiger partial charge in [-0.3, -0.25) is 4.79 Å². The zero-order chi connectivity index (χ0) is 17.7. The number of amides is 2. The van der Waals surface area contributed by atoms with Gasteiger partial charge in [0.2, 0.25) is 5.91 Å². The Morgan fingerprint density at radius 1 is 1.17 bits per heavy atom. The molecule has 2 amide bonds. The van der Waals surface area contributed by atoms with E-state index in [-0.39, 0.29) is 12.0 Å². The van der Waals surface area contributed by atoms with Crippen molar-refractivity contribution in [2.45, 2.75) is 52.6 Å². The number of piperidine rings is 1. The maximum absolute atomic E-state index is 12.2. The van der Waals surface area contributed by atoms with Gasteiger partial charge in [-0.2, -0.15) is 0 Å². The molecular formula is C18H32N2O4. The fraction of sp³-hybridized carbons (Fsp3) is 0.889. The Labute approximate surface area is 145 Å². The number of carbonyl (C=O) groups is 2. The number of ether oxygens (including phenoxy) is 2. The minimum Gasteiger partial charge on any atom is -0.444 e. The molecule has 0 aromatic rings. The van der Waals surface area contributed by atoms with Crippen LogP contribution in [-0.2, 0) is 14.3 Å². The highest BCUT2D eigenvalue weighted by Crippen LogP contribution is 2.22. The summed E-state index contributed by atoms with van der Waals surface area (Å²) < 4.78 is 10.6. The summed E-state index contributed by atoms with van der Waals surface area (Å²) in [7, 11) is 0. The Hall–Kier alpha value is -1.30. The largest absolute Gasteiger partial charge is 0.444 e. The lowest BCUT2D eigenvalue weighted by molar-refractivity contribution is -0.138. The Bertz CT molecular complexity index is 435. The highest BCUT2D eigenvalue weighted by molar-refractivity contribution is 5.76. The maximum Gasteiger partial charge on any atom is 0.410 e. The number of nitrogens with zero attached hydrogens (tertiary/aromatic N) is 2. The summed E-state index contributed by atoms with van der Waals surface area (Å²) in [5.41, 5.74) is -0.467. The average Bonchev–Trinajstić information content (AvgIpc) is 2.47. The van der Waals surface area contributed by atoms with E-state index >= 15 is 0 Å². The quantitative estimate of drug-likeness (QED) is 0.772. The lowest BCUT2D eigenvalue weighted by Crippen LogP contribution is -2.45. The molecular weight excluding hydrogens is 308 g/mol. The van der Waals surface area contributed by atoms with Gasteiger partial charge in [0.25, 0.3) is 0 Å². The van der Waals surface area contributed by atoms with Crippen molar-refractivity contribution in [3.8, 4) is 0 Å². The van der Waals surface area contributed by atoms with E-state index in [1.165, 1.54) is 0 Å². The van der Waals surface area contributed by atoms with Crippen molar-refractivity contribution < 1.29 is 19.1 Å². The van der Waals surface area contributed by atoms with E-state index < -0.39 is 5.60 Å². The monoisotopic (exact) mass is 340 g/mol. The van der Waals surface area contributed by atoms with Crippen molar-refractivity contribution in [2.75, 3.05) is 39.4 Å². The molecule has 0 spiro atoms. The summed E-state index contributed by atoms with van der Waals surface area (Å²) in [6, 6.07) is 0. The first kappa shape index (κ1) is 19.0. The summed E-state index contributed by atoms with van der Waals surface area (Å²) in [6.07, 6.45) is 2.27. The van der Waals surface area contributed by atoms with Crippen LogP contribution in [0.1, 0.15) is 47.0 Å². The summed E-state index contributed by atoms with van der Waals surface area (Å²) >= 11 is 0. The lowest BCUT2D eigenvalue weighted by atomic mass is 9.95. The minimum absolute atomic E-state index is 0.242. The molecule has 6 heteroatoms. The smallest absolute Gasteiger partial charge is 0.410 e. The first-order valence-electron chi connectivity index (χ1n) is 9.12. The van der Waals surface area contributed by atoms with Crippen LogP contribution in [0.3, 0.4) is 0 Å². The van der Waals surface area contributed by atoms with Crippen LogP contribution in [0.5, 0.6) is 0 Å². The summed E-state index contributed by atoms with van der Waals surface area (Å²) in [6.45, 7) is 12.0.